The molecule has 108 valence electrons. The minimum Gasteiger partial charge on any atom is -0.493 e. The van der Waals surface area contributed by atoms with Crippen LogP contribution < -0.4 is 10.1 Å². The largest absolute Gasteiger partial charge is 0.493 e. The van der Waals surface area contributed by atoms with E-state index in [2.05, 4.69) is 5.32 Å². The van der Waals surface area contributed by atoms with Crippen molar-refractivity contribution in [3.05, 3.63) is 29.3 Å². The molecule has 0 spiro atoms. The van der Waals surface area contributed by atoms with Crippen LogP contribution >= 0.6 is 0 Å². The van der Waals surface area contributed by atoms with Crippen molar-refractivity contribution >= 4 is 5.91 Å². The molecule has 0 aliphatic carbocycles. The monoisotopic (exact) mass is 277 g/mol. The second kappa shape index (κ2) is 5.07. The Hall–Kier alpha value is -1.59. The van der Waals surface area contributed by atoms with E-state index < -0.39 is 5.60 Å². The van der Waals surface area contributed by atoms with E-state index in [1.165, 1.54) is 0 Å². The van der Waals surface area contributed by atoms with Crippen molar-refractivity contribution < 1.29 is 19.4 Å². The molecular formula is C15H19NO4. The van der Waals surface area contributed by atoms with Crippen LogP contribution in [0.25, 0.3) is 0 Å². The fourth-order valence-electron chi connectivity index (χ4n) is 2.67. The predicted molar refractivity (Wildman–Crippen MR) is 73.0 cm³/mol. The van der Waals surface area contributed by atoms with Gasteiger partial charge in [-0.3, -0.25) is 4.79 Å². The van der Waals surface area contributed by atoms with Crippen molar-refractivity contribution in [2.45, 2.75) is 31.5 Å². The van der Waals surface area contributed by atoms with Gasteiger partial charge >= 0.3 is 0 Å². The van der Waals surface area contributed by atoms with Gasteiger partial charge in [0.05, 0.1) is 12.7 Å². The highest BCUT2D eigenvalue weighted by atomic mass is 16.5. The Morgan fingerprint density at radius 1 is 1.50 bits per heavy atom. The van der Waals surface area contributed by atoms with Crippen molar-refractivity contribution in [1.29, 1.82) is 0 Å². The van der Waals surface area contributed by atoms with E-state index >= 15 is 0 Å². The number of aliphatic hydroxyl groups is 1. The van der Waals surface area contributed by atoms with Gasteiger partial charge in [-0.15, -0.1) is 0 Å². The van der Waals surface area contributed by atoms with Gasteiger partial charge < -0.3 is 19.9 Å². The number of ether oxygens (including phenoxy) is 2. The Balaban J connectivity index is 1.65. The predicted octanol–water partition coefficient (Wildman–Crippen LogP) is 0.891. The molecule has 0 radical (unpaired) electrons. The van der Waals surface area contributed by atoms with Gasteiger partial charge in [-0.05, 0) is 30.7 Å². The highest BCUT2D eigenvalue weighted by Gasteiger charge is 2.39. The number of carbonyl (C=O) groups excluding carboxylic acids is 1. The summed E-state index contributed by atoms with van der Waals surface area (Å²) in [7, 11) is 0. The van der Waals surface area contributed by atoms with Gasteiger partial charge in [0, 0.05) is 31.6 Å². The molecule has 0 saturated carbocycles. The highest BCUT2D eigenvalue weighted by Crippen LogP contribution is 2.27. The maximum atomic E-state index is 12.1. The lowest BCUT2D eigenvalue weighted by Crippen LogP contribution is -2.47. The van der Waals surface area contributed by atoms with Crippen LogP contribution in [-0.2, 0) is 11.2 Å². The SMILES string of the molecule is CC1OCCC1(O)CNC(=O)c1ccc2c(c1)CCO2. The third-order valence-electron chi connectivity index (χ3n) is 4.17. The van der Waals surface area contributed by atoms with Gasteiger partial charge in [0.15, 0.2) is 0 Å². The van der Waals surface area contributed by atoms with Gasteiger partial charge in [0.25, 0.3) is 5.91 Å². The molecule has 2 aliphatic heterocycles. The topological polar surface area (TPSA) is 67.8 Å². The van der Waals surface area contributed by atoms with Crippen LogP contribution in [0.5, 0.6) is 5.75 Å². The normalized spacial score (nSPS) is 28.0. The van der Waals surface area contributed by atoms with Gasteiger partial charge in [-0.25, -0.2) is 0 Å². The molecule has 2 atom stereocenters. The van der Waals surface area contributed by atoms with Crippen LogP contribution in [0.15, 0.2) is 18.2 Å². The van der Waals surface area contributed by atoms with Gasteiger partial charge in [-0.2, -0.15) is 0 Å². The molecule has 2 heterocycles. The van der Waals surface area contributed by atoms with Crippen LogP contribution in [0.3, 0.4) is 0 Å². The summed E-state index contributed by atoms with van der Waals surface area (Å²) >= 11 is 0. The summed E-state index contributed by atoms with van der Waals surface area (Å²) in [6.07, 6.45) is 1.13. The first kappa shape index (κ1) is 13.4. The van der Waals surface area contributed by atoms with Crippen LogP contribution in [0, 0.1) is 0 Å². The zero-order chi connectivity index (χ0) is 14.2. The first-order chi connectivity index (χ1) is 9.58. The summed E-state index contributed by atoms with van der Waals surface area (Å²) in [6, 6.07) is 5.43. The number of amides is 1. The number of hydrogen-bond donors (Lipinski definition) is 2. The van der Waals surface area contributed by atoms with Crippen LogP contribution in [-0.4, -0.2) is 42.5 Å². The average Bonchev–Trinajstić information content (AvgIpc) is 3.03. The molecule has 2 N–H and O–H groups in total. The first-order valence-electron chi connectivity index (χ1n) is 6.96. The van der Waals surface area contributed by atoms with Crippen molar-refractivity contribution in [2.24, 2.45) is 0 Å². The fourth-order valence-corrected chi connectivity index (χ4v) is 2.67. The number of carbonyl (C=O) groups is 1. The van der Waals surface area contributed by atoms with Crippen molar-refractivity contribution in [2.75, 3.05) is 19.8 Å². The molecule has 20 heavy (non-hydrogen) atoms. The van der Waals surface area contributed by atoms with Crippen molar-refractivity contribution in [3.63, 3.8) is 0 Å². The molecule has 1 amide bonds. The maximum absolute atomic E-state index is 12.1. The number of fused-ring (bicyclic) bond motifs is 1. The molecule has 2 unspecified atom stereocenters. The van der Waals surface area contributed by atoms with Crippen molar-refractivity contribution in [3.8, 4) is 5.75 Å². The summed E-state index contributed by atoms with van der Waals surface area (Å²) in [5.74, 6) is 0.685. The van der Waals surface area contributed by atoms with Gasteiger partial charge in [0.2, 0.25) is 0 Å². The molecule has 5 heteroatoms. The molecule has 0 aromatic heterocycles. The molecule has 1 saturated heterocycles. The van der Waals surface area contributed by atoms with E-state index in [0.29, 0.717) is 25.2 Å². The number of hydrogen-bond acceptors (Lipinski definition) is 4. The Labute approximate surface area is 117 Å². The Morgan fingerprint density at radius 2 is 2.35 bits per heavy atom. The van der Waals surface area contributed by atoms with Gasteiger partial charge in [-0.1, -0.05) is 0 Å². The molecule has 3 rings (SSSR count). The molecule has 1 aromatic rings. The number of benzene rings is 1. The van der Waals surface area contributed by atoms with Gasteiger partial charge in [0.1, 0.15) is 11.4 Å². The summed E-state index contributed by atoms with van der Waals surface area (Å²) < 4.78 is 10.8. The third kappa shape index (κ3) is 2.39. The molecule has 5 nitrogen and oxygen atoms in total. The molecule has 1 aromatic carbocycles. The van der Waals surface area contributed by atoms with E-state index in [1.807, 2.05) is 19.1 Å². The number of rotatable bonds is 3. The Bertz CT molecular complexity index is 531. The van der Waals surface area contributed by atoms with E-state index in [4.69, 9.17) is 9.47 Å². The maximum Gasteiger partial charge on any atom is 0.251 e. The van der Waals surface area contributed by atoms with E-state index in [9.17, 15) is 9.90 Å². The quantitative estimate of drug-likeness (QED) is 0.861. The zero-order valence-corrected chi connectivity index (χ0v) is 11.5. The first-order valence-corrected chi connectivity index (χ1v) is 6.96. The molecule has 1 fully saturated rings. The standard InChI is InChI=1S/C15H19NO4/c1-10-15(18,5-7-19-10)9-16-14(17)12-2-3-13-11(8-12)4-6-20-13/h2-3,8,10,18H,4-7,9H2,1H3,(H,16,17). The van der Waals surface area contributed by atoms with Crippen LogP contribution in [0.2, 0.25) is 0 Å². The van der Waals surface area contributed by atoms with Crippen LogP contribution in [0.1, 0.15) is 29.3 Å². The second-order valence-corrected chi connectivity index (χ2v) is 5.47. The Kier molecular flexibility index (Phi) is 3.40. The average molecular weight is 277 g/mol. The molecular weight excluding hydrogens is 258 g/mol. The van der Waals surface area contributed by atoms with E-state index in [0.717, 1.165) is 17.7 Å². The lowest BCUT2D eigenvalue weighted by atomic mass is 9.96. The Morgan fingerprint density at radius 3 is 3.10 bits per heavy atom. The number of nitrogens with one attached hydrogen (secondary N) is 1. The van der Waals surface area contributed by atoms with Crippen molar-refractivity contribution in [1.82, 2.24) is 5.32 Å². The third-order valence-corrected chi connectivity index (χ3v) is 4.17. The molecule has 2 aliphatic rings. The smallest absolute Gasteiger partial charge is 0.251 e. The zero-order valence-electron chi connectivity index (χ0n) is 11.5. The fraction of sp³-hybridized carbons (Fsp3) is 0.533. The van der Waals surface area contributed by atoms with E-state index in [1.54, 1.807) is 6.07 Å². The summed E-state index contributed by atoms with van der Waals surface area (Å²) in [5.41, 5.74) is 0.702. The minimum absolute atomic E-state index is 0.174. The summed E-state index contributed by atoms with van der Waals surface area (Å²) in [5, 5.41) is 13.1. The van der Waals surface area contributed by atoms with Crippen LogP contribution in [0.4, 0.5) is 0 Å². The minimum atomic E-state index is -0.963. The highest BCUT2D eigenvalue weighted by molar-refractivity contribution is 5.94. The summed E-state index contributed by atoms with van der Waals surface area (Å²) in [4.78, 5) is 12.1. The second-order valence-electron chi connectivity index (χ2n) is 5.47. The van der Waals surface area contributed by atoms with E-state index in [-0.39, 0.29) is 18.6 Å². The lowest BCUT2D eigenvalue weighted by Gasteiger charge is -2.26. The summed E-state index contributed by atoms with van der Waals surface area (Å²) in [6.45, 7) is 3.24. The lowest BCUT2D eigenvalue weighted by molar-refractivity contribution is -0.0251. The molecule has 0 bridgehead atoms.